The molecular weight excluding hydrogens is 440 g/mol. The van der Waals surface area contributed by atoms with E-state index in [2.05, 4.69) is 104 Å². The van der Waals surface area contributed by atoms with Crippen LogP contribution in [0, 0.1) is 20.8 Å². The number of hydrogen-bond donors (Lipinski definition) is 0. The topological polar surface area (TPSA) is 40.1 Å². The minimum atomic E-state index is -1.06. The molecule has 0 N–H and O–H groups in total. The van der Waals surface area contributed by atoms with E-state index in [1.807, 2.05) is 0 Å². The molecule has 1 aromatic carbocycles. The zero-order valence-electron chi connectivity index (χ0n) is 22.7. The van der Waals surface area contributed by atoms with Gasteiger partial charge in [-0.15, -0.1) is 0 Å². The summed E-state index contributed by atoms with van der Waals surface area (Å²) < 4.78 is 0. The summed E-state index contributed by atoms with van der Waals surface area (Å²) in [5.41, 5.74) is 13.6. The molecule has 1 aromatic rings. The first-order chi connectivity index (χ1) is 17.0. The van der Waals surface area contributed by atoms with E-state index in [1.165, 1.54) is 11.1 Å². The Labute approximate surface area is 215 Å². The molecule has 2 unspecified atom stereocenters. The third kappa shape index (κ3) is 3.66. The van der Waals surface area contributed by atoms with Crippen LogP contribution in [0.4, 0.5) is 0 Å². The third-order valence-corrected chi connectivity index (χ3v) is 8.24. The Morgan fingerprint density at radius 3 is 2.11 bits per heavy atom. The molecule has 4 aliphatic rings. The Hall–Kier alpha value is -3.10. The van der Waals surface area contributed by atoms with E-state index in [-0.39, 0.29) is 5.78 Å². The summed E-state index contributed by atoms with van der Waals surface area (Å²) in [6.07, 6.45) is 1.00. The number of carbonyl (C=O) groups is 1. The zero-order chi connectivity index (χ0) is 26.0. The highest BCUT2D eigenvalue weighted by Gasteiger charge is 2.46. The number of allylic oxidation sites excluding steroid dienone is 3. The summed E-state index contributed by atoms with van der Waals surface area (Å²) in [6, 6.07) is 15.2. The zero-order valence-corrected chi connectivity index (χ0v) is 22.7. The summed E-state index contributed by atoms with van der Waals surface area (Å²) in [5, 5.41) is 13.8. The largest absolute Gasteiger partial charge is 0.843 e. The van der Waals surface area contributed by atoms with E-state index >= 15 is 0 Å². The summed E-state index contributed by atoms with van der Waals surface area (Å²) in [5.74, 6) is 0.166. The lowest BCUT2D eigenvalue weighted by molar-refractivity contribution is -0.415. The molecule has 0 heterocycles. The molecule has 4 aliphatic carbocycles. The highest BCUT2D eigenvalue weighted by molar-refractivity contribution is 6.18. The average molecular weight is 477 g/mol. The fourth-order valence-electron chi connectivity index (χ4n) is 6.00. The van der Waals surface area contributed by atoms with Gasteiger partial charge in [0.05, 0.1) is 22.6 Å². The fraction of sp³-hybridized carbons (Fsp3) is 0.353. The SMILES string of the molecule is CC1=C/C(=C2/C(=O)C(c3cc(C)c4cc(C(C)C)ccc(C)c3-4)C2[O-])[c+]2c(C)ccc(C(C)C)cc21. The average Bonchev–Trinajstić information content (AvgIpc) is 3.11. The minimum Gasteiger partial charge on any atom is -0.843 e. The molecule has 1 fully saturated rings. The molecule has 0 amide bonds. The van der Waals surface area contributed by atoms with Crippen LogP contribution < -0.4 is 5.11 Å². The van der Waals surface area contributed by atoms with Crippen molar-refractivity contribution in [3.8, 4) is 11.1 Å². The normalized spacial score (nSPS) is 21.3. The number of fused-ring (bicyclic) bond motifs is 2. The van der Waals surface area contributed by atoms with Gasteiger partial charge in [-0.25, -0.2) is 0 Å². The van der Waals surface area contributed by atoms with Gasteiger partial charge in [-0.1, -0.05) is 58.1 Å². The highest BCUT2D eigenvalue weighted by Crippen LogP contribution is 2.50. The van der Waals surface area contributed by atoms with E-state index in [4.69, 9.17) is 0 Å². The van der Waals surface area contributed by atoms with Crippen molar-refractivity contribution < 1.29 is 9.90 Å². The quantitative estimate of drug-likeness (QED) is 0.290. The number of rotatable bonds is 3. The molecule has 0 aliphatic heterocycles. The van der Waals surface area contributed by atoms with E-state index in [0.717, 1.165) is 55.7 Å². The van der Waals surface area contributed by atoms with Crippen LogP contribution in [0.1, 0.15) is 96.9 Å². The van der Waals surface area contributed by atoms with E-state index in [9.17, 15) is 9.90 Å². The second kappa shape index (κ2) is 8.78. The molecule has 5 rings (SSSR count). The molecule has 0 radical (unpaired) electrons. The summed E-state index contributed by atoms with van der Waals surface area (Å²) in [6.45, 7) is 17.1. The van der Waals surface area contributed by atoms with Crippen molar-refractivity contribution >= 4 is 16.9 Å². The molecule has 2 atom stereocenters. The van der Waals surface area contributed by atoms with E-state index in [1.54, 1.807) is 0 Å². The smallest absolute Gasteiger partial charge is 0.192 e. The molecular formula is C34H36O2. The number of Topliss-reactive ketones (excluding diaryl/α,β-unsaturated/α-hetero) is 1. The Kier molecular flexibility index (Phi) is 6.00. The van der Waals surface area contributed by atoms with E-state index in [0.29, 0.717) is 17.4 Å². The van der Waals surface area contributed by atoms with Gasteiger partial charge in [-0.05, 0) is 90.6 Å². The van der Waals surface area contributed by atoms with Crippen LogP contribution in [0.15, 0.2) is 54.1 Å². The lowest BCUT2D eigenvalue weighted by atomic mass is 9.68. The second-order valence-corrected chi connectivity index (χ2v) is 11.4. The number of hydrogen-bond acceptors (Lipinski definition) is 2. The predicted octanol–water partition coefficient (Wildman–Crippen LogP) is 7.51. The van der Waals surface area contributed by atoms with Gasteiger partial charge in [0, 0.05) is 28.9 Å². The molecule has 2 nitrogen and oxygen atoms in total. The number of aryl methyl sites for hydroxylation is 3. The molecule has 36 heavy (non-hydrogen) atoms. The maximum Gasteiger partial charge on any atom is 0.192 e. The van der Waals surface area contributed by atoms with Crippen LogP contribution >= 0.6 is 0 Å². The van der Waals surface area contributed by atoms with Crippen molar-refractivity contribution in [3.05, 3.63) is 98.6 Å². The standard InChI is InChI=1S/C34H36O2/c1-17(2)23-11-9-19(5)29-25(15-23)21(7)13-27(29)31-33(35)32(34(31)36)28-14-22(8)26-16-24(18(3)4)12-10-20(6)30(26)28/h9-18,31,33H,1-8H3/b32-28-. The summed E-state index contributed by atoms with van der Waals surface area (Å²) >= 11 is 0. The van der Waals surface area contributed by atoms with Gasteiger partial charge in [0.15, 0.2) is 5.78 Å². The predicted molar refractivity (Wildman–Crippen MR) is 148 cm³/mol. The monoisotopic (exact) mass is 476 g/mol. The Morgan fingerprint density at radius 1 is 0.833 bits per heavy atom. The molecule has 2 heteroatoms. The van der Waals surface area contributed by atoms with Gasteiger partial charge in [0.1, 0.15) is 0 Å². The molecule has 0 aromatic heterocycles. The van der Waals surface area contributed by atoms with Gasteiger partial charge in [-0.2, -0.15) is 0 Å². The molecule has 1 saturated carbocycles. The van der Waals surface area contributed by atoms with Crippen molar-refractivity contribution in [3.63, 3.8) is 0 Å². The molecule has 0 saturated heterocycles. The maximum absolute atomic E-state index is 13.8. The van der Waals surface area contributed by atoms with Crippen LogP contribution in [-0.4, -0.2) is 11.9 Å². The third-order valence-electron chi connectivity index (χ3n) is 8.24. The van der Waals surface area contributed by atoms with Crippen molar-refractivity contribution in [2.75, 3.05) is 0 Å². The second-order valence-electron chi connectivity index (χ2n) is 11.4. The molecule has 184 valence electrons. The van der Waals surface area contributed by atoms with Crippen molar-refractivity contribution in [1.82, 2.24) is 0 Å². The lowest BCUT2D eigenvalue weighted by Crippen LogP contribution is -2.51. The molecule has 0 spiro atoms. The van der Waals surface area contributed by atoms with Crippen LogP contribution in [0.3, 0.4) is 0 Å². The van der Waals surface area contributed by atoms with Gasteiger partial charge in [-0.3, -0.25) is 4.79 Å². The van der Waals surface area contributed by atoms with Gasteiger partial charge in [0.2, 0.25) is 0 Å². The van der Waals surface area contributed by atoms with Gasteiger partial charge < -0.3 is 5.11 Å². The van der Waals surface area contributed by atoms with Crippen LogP contribution in [0.5, 0.6) is 0 Å². The van der Waals surface area contributed by atoms with Crippen LogP contribution in [-0.2, 0) is 4.79 Å². The highest BCUT2D eigenvalue weighted by atomic mass is 16.3. The summed E-state index contributed by atoms with van der Waals surface area (Å²) in [7, 11) is 0. The Morgan fingerprint density at radius 2 is 1.47 bits per heavy atom. The van der Waals surface area contributed by atoms with Crippen LogP contribution in [0.25, 0.3) is 22.3 Å². The Bertz CT molecular complexity index is 1450. The summed E-state index contributed by atoms with van der Waals surface area (Å²) in [4.78, 5) is 13.8. The first kappa shape index (κ1) is 24.6. The van der Waals surface area contributed by atoms with Crippen molar-refractivity contribution in [1.29, 1.82) is 0 Å². The van der Waals surface area contributed by atoms with Crippen molar-refractivity contribution in [2.24, 2.45) is 0 Å². The van der Waals surface area contributed by atoms with Crippen molar-refractivity contribution in [2.45, 2.75) is 79.2 Å². The fourth-order valence-corrected chi connectivity index (χ4v) is 6.00. The van der Waals surface area contributed by atoms with E-state index < -0.39 is 12.0 Å². The minimum absolute atomic E-state index is 0.0150. The first-order valence-corrected chi connectivity index (χ1v) is 13.2. The lowest BCUT2D eigenvalue weighted by Gasteiger charge is -2.42. The Balaban J connectivity index is 1.63. The maximum atomic E-state index is 13.8. The van der Waals surface area contributed by atoms with Gasteiger partial charge >= 0.3 is 0 Å². The first-order valence-electron chi connectivity index (χ1n) is 13.2. The number of carbonyl (C=O) groups excluding carboxylic acids is 1. The van der Waals surface area contributed by atoms with Gasteiger partial charge in [0.25, 0.3) is 0 Å². The number of ketones is 1. The molecule has 0 bridgehead atoms. The van der Waals surface area contributed by atoms with Crippen LogP contribution in [0.2, 0.25) is 0 Å².